The smallest absolute Gasteiger partial charge is 0.228 e. The molecule has 1 N–H and O–H groups in total. The minimum absolute atomic E-state index is 0.154. The molecule has 3 rings (SSSR count). The molecule has 130 valence electrons. The summed E-state index contributed by atoms with van der Waals surface area (Å²) in [6.07, 6.45) is 1.71. The Hall–Kier alpha value is -2.04. The number of carbonyl (C=O) groups is 2. The largest absolute Gasteiger partial charge is 0.338 e. The van der Waals surface area contributed by atoms with Crippen molar-refractivity contribution in [2.75, 3.05) is 11.9 Å². The van der Waals surface area contributed by atoms with Crippen LogP contribution in [0.5, 0.6) is 0 Å². The molecule has 0 bridgehead atoms. The van der Waals surface area contributed by atoms with Gasteiger partial charge in [0.2, 0.25) is 11.8 Å². The van der Waals surface area contributed by atoms with Crippen molar-refractivity contribution in [3.05, 3.63) is 63.6 Å². The lowest BCUT2D eigenvalue weighted by atomic mass is 10.1. The summed E-state index contributed by atoms with van der Waals surface area (Å²) in [5.41, 5.74) is 2.43. The Bertz CT molecular complexity index is 808. The van der Waals surface area contributed by atoms with Crippen molar-refractivity contribution in [3.8, 4) is 0 Å². The Kier molecular flexibility index (Phi) is 5.61. The molecule has 1 saturated heterocycles. The summed E-state index contributed by atoms with van der Waals surface area (Å²) < 4.78 is 0. The van der Waals surface area contributed by atoms with Crippen LogP contribution in [0.2, 0.25) is 10.0 Å². The van der Waals surface area contributed by atoms with E-state index in [4.69, 9.17) is 23.2 Å². The number of benzene rings is 2. The molecule has 0 aromatic heterocycles. The van der Waals surface area contributed by atoms with E-state index < -0.39 is 0 Å². The van der Waals surface area contributed by atoms with Crippen molar-refractivity contribution in [3.63, 3.8) is 0 Å². The van der Waals surface area contributed by atoms with Gasteiger partial charge in [-0.2, -0.15) is 0 Å². The van der Waals surface area contributed by atoms with Crippen LogP contribution in [0.15, 0.2) is 42.5 Å². The summed E-state index contributed by atoms with van der Waals surface area (Å²) in [5.74, 6) is 0.0328. The molecule has 1 aliphatic heterocycles. The average Bonchev–Trinajstić information content (AvgIpc) is 2.95. The molecule has 0 spiro atoms. The molecule has 0 unspecified atom stereocenters. The number of halogens is 2. The summed E-state index contributed by atoms with van der Waals surface area (Å²) in [7, 11) is 0. The van der Waals surface area contributed by atoms with Gasteiger partial charge in [-0.3, -0.25) is 9.59 Å². The van der Waals surface area contributed by atoms with Crippen molar-refractivity contribution in [1.29, 1.82) is 0 Å². The first-order valence-electron chi connectivity index (χ1n) is 8.12. The fraction of sp³-hybridized carbons (Fsp3) is 0.263. The predicted octanol–water partition coefficient (Wildman–Crippen LogP) is 4.30. The van der Waals surface area contributed by atoms with Gasteiger partial charge in [0, 0.05) is 35.2 Å². The van der Waals surface area contributed by atoms with E-state index in [1.807, 2.05) is 29.2 Å². The maximum absolute atomic E-state index is 12.3. The highest BCUT2D eigenvalue weighted by Crippen LogP contribution is 2.22. The van der Waals surface area contributed by atoms with Gasteiger partial charge in [-0.15, -0.1) is 0 Å². The molecular weight excluding hydrogens is 359 g/mol. The monoisotopic (exact) mass is 376 g/mol. The Morgan fingerprint density at radius 3 is 2.72 bits per heavy atom. The zero-order valence-electron chi connectivity index (χ0n) is 13.6. The van der Waals surface area contributed by atoms with Crippen LogP contribution in [0.4, 0.5) is 5.69 Å². The van der Waals surface area contributed by atoms with Crippen LogP contribution in [0, 0.1) is 0 Å². The maximum atomic E-state index is 12.3. The lowest BCUT2D eigenvalue weighted by Crippen LogP contribution is -2.23. The van der Waals surface area contributed by atoms with Crippen molar-refractivity contribution in [1.82, 2.24) is 4.90 Å². The highest BCUT2D eigenvalue weighted by atomic mass is 35.5. The number of nitrogens with zero attached hydrogens (tertiary/aromatic N) is 1. The van der Waals surface area contributed by atoms with Gasteiger partial charge in [-0.1, -0.05) is 41.4 Å². The van der Waals surface area contributed by atoms with E-state index in [0.717, 1.165) is 24.1 Å². The van der Waals surface area contributed by atoms with E-state index in [1.54, 1.807) is 18.2 Å². The first kappa shape index (κ1) is 17.8. The molecule has 1 heterocycles. The zero-order chi connectivity index (χ0) is 17.8. The van der Waals surface area contributed by atoms with Gasteiger partial charge in [-0.05, 0) is 41.8 Å². The summed E-state index contributed by atoms with van der Waals surface area (Å²) >= 11 is 12.0. The second kappa shape index (κ2) is 7.89. The van der Waals surface area contributed by atoms with E-state index in [9.17, 15) is 9.59 Å². The first-order valence-corrected chi connectivity index (χ1v) is 8.87. The van der Waals surface area contributed by atoms with Gasteiger partial charge < -0.3 is 10.2 Å². The third-order valence-electron chi connectivity index (χ3n) is 4.12. The van der Waals surface area contributed by atoms with E-state index in [0.29, 0.717) is 28.7 Å². The van der Waals surface area contributed by atoms with E-state index >= 15 is 0 Å². The van der Waals surface area contributed by atoms with Crippen molar-refractivity contribution in [2.24, 2.45) is 0 Å². The third-order valence-corrected chi connectivity index (χ3v) is 4.71. The normalized spacial score (nSPS) is 14.0. The van der Waals surface area contributed by atoms with Crippen LogP contribution >= 0.6 is 23.2 Å². The van der Waals surface area contributed by atoms with Crippen LogP contribution < -0.4 is 5.32 Å². The minimum Gasteiger partial charge on any atom is -0.338 e. The molecule has 1 aliphatic rings. The molecule has 0 atom stereocenters. The summed E-state index contributed by atoms with van der Waals surface area (Å²) in [6, 6.07) is 12.6. The number of anilines is 1. The molecule has 25 heavy (non-hydrogen) atoms. The van der Waals surface area contributed by atoms with Crippen LogP contribution in [0.1, 0.15) is 24.0 Å². The number of hydrogen-bond acceptors (Lipinski definition) is 2. The highest BCUT2D eigenvalue weighted by molar-refractivity contribution is 6.35. The molecule has 2 amide bonds. The van der Waals surface area contributed by atoms with Gasteiger partial charge in [0.05, 0.1) is 6.42 Å². The van der Waals surface area contributed by atoms with Gasteiger partial charge in [0.25, 0.3) is 0 Å². The summed E-state index contributed by atoms with van der Waals surface area (Å²) in [6.45, 7) is 1.37. The lowest BCUT2D eigenvalue weighted by Gasteiger charge is -2.16. The van der Waals surface area contributed by atoms with Crippen molar-refractivity contribution < 1.29 is 9.59 Å². The summed E-state index contributed by atoms with van der Waals surface area (Å²) in [4.78, 5) is 25.8. The number of likely N-dealkylation sites (tertiary alicyclic amines) is 1. The molecule has 0 aliphatic carbocycles. The van der Waals surface area contributed by atoms with E-state index in [2.05, 4.69) is 5.32 Å². The molecule has 0 saturated carbocycles. The first-order chi connectivity index (χ1) is 12.0. The predicted molar refractivity (Wildman–Crippen MR) is 99.9 cm³/mol. The molecule has 2 aromatic carbocycles. The van der Waals surface area contributed by atoms with Gasteiger partial charge in [0.15, 0.2) is 0 Å². The molecule has 0 radical (unpaired) electrons. The molecule has 6 heteroatoms. The molecule has 4 nitrogen and oxygen atoms in total. The van der Waals surface area contributed by atoms with E-state index in [-0.39, 0.29) is 18.2 Å². The maximum Gasteiger partial charge on any atom is 0.228 e. The standard InChI is InChI=1S/C19H18Cl2N2O2/c20-15-7-6-14(17(21)11-15)10-18(24)22-16-4-1-3-13(9-16)12-23-8-2-5-19(23)25/h1,3-4,6-7,9,11H,2,5,8,10,12H2,(H,22,24). The van der Waals surface area contributed by atoms with Crippen molar-refractivity contribution in [2.45, 2.75) is 25.8 Å². The Labute approximate surface area is 156 Å². The van der Waals surface area contributed by atoms with Crippen LogP contribution in [-0.4, -0.2) is 23.3 Å². The highest BCUT2D eigenvalue weighted by Gasteiger charge is 2.20. The van der Waals surface area contributed by atoms with Crippen LogP contribution in [0.25, 0.3) is 0 Å². The van der Waals surface area contributed by atoms with Crippen LogP contribution in [0.3, 0.4) is 0 Å². The fourth-order valence-electron chi connectivity index (χ4n) is 2.88. The van der Waals surface area contributed by atoms with Gasteiger partial charge in [0.1, 0.15) is 0 Å². The van der Waals surface area contributed by atoms with Crippen molar-refractivity contribution >= 4 is 40.7 Å². The van der Waals surface area contributed by atoms with Gasteiger partial charge >= 0.3 is 0 Å². The quantitative estimate of drug-likeness (QED) is 0.845. The number of hydrogen-bond donors (Lipinski definition) is 1. The molecule has 2 aromatic rings. The summed E-state index contributed by atoms with van der Waals surface area (Å²) in [5, 5.41) is 3.89. The second-order valence-corrected chi connectivity index (χ2v) is 6.92. The fourth-order valence-corrected chi connectivity index (χ4v) is 3.36. The van der Waals surface area contributed by atoms with E-state index in [1.165, 1.54) is 0 Å². The Morgan fingerprint density at radius 2 is 2.00 bits per heavy atom. The minimum atomic E-state index is -0.154. The Balaban J connectivity index is 1.63. The zero-order valence-corrected chi connectivity index (χ0v) is 15.1. The third kappa shape index (κ3) is 4.74. The average molecular weight is 377 g/mol. The number of rotatable bonds is 5. The SMILES string of the molecule is O=C(Cc1ccc(Cl)cc1Cl)Nc1cccc(CN2CCCC2=O)c1. The number of nitrogens with one attached hydrogen (secondary N) is 1. The lowest BCUT2D eigenvalue weighted by molar-refractivity contribution is -0.128. The topological polar surface area (TPSA) is 49.4 Å². The Morgan fingerprint density at radius 1 is 1.16 bits per heavy atom. The number of carbonyl (C=O) groups excluding carboxylic acids is 2. The van der Waals surface area contributed by atoms with Gasteiger partial charge in [-0.25, -0.2) is 0 Å². The molecule has 1 fully saturated rings. The second-order valence-electron chi connectivity index (χ2n) is 6.08. The number of amides is 2. The van der Waals surface area contributed by atoms with Crippen LogP contribution in [-0.2, 0) is 22.6 Å². The molecular formula is C19H18Cl2N2O2.